The van der Waals surface area contributed by atoms with Gasteiger partial charge in [0.1, 0.15) is 5.82 Å². The fourth-order valence-electron chi connectivity index (χ4n) is 4.41. The quantitative estimate of drug-likeness (QED) is 0.0710. The molecule has 0 spiro atoms. The first-order valence-corrected chi connectivity index (χ1v) is 16.0. The fraction of sp³-hybridized carbons (Fsp3) is 0.267. The number of amides is 1. The van der Waals surface area contributed by atoms with Crippen molar-refractivity contribution in [2.75, 3.05) is 18.1 Å². The van der Waals surface area contributed by atoms with Gasteiger partial charge in [-0.3, -0.25) is 14.5 Å². The van der Waals surface area contributed by atoms with E-state index >= 15 is 0 Å². The van der Waals surface area contributed by atoms with Crippen LogP contribution in [0.15, 0.2) is 75.6 Å². The molecule has 1 unspecified atom stereocenters. The Kier molecular flexibility index (Phi) is 9.55. The molecule has 12 heteroatoms. The monoisotopic (exact) mass is 625 g/mol. The van der Waals surface area contributed by atoms with Crippen LogP contribution in [0.3, 0.4) is 0 Å². The number of hydrogen-bond acceptors (Lipinski definition) is 10. The second-order valence-electron chi connectivity index (χ2n) is 9.22. The second kappa shape index (κ2) is 13.5. The van der Waals surface area contributed by atoms with Gasteiger partial charge in [-0.25, -0.2) is 4.39 Å². The van der Waals surface area contributed by atoms with Crippen molar-refractivity contribution >= 4 is 51.3 Å². The van der Waals surface area contributed by atoms with Crippen LogP contribution in [0.2, 0.25) is 0 Å². The summed E-state index contributed by atoms with van der Waals surface area (Å²) in [7, 11) is 0. The van der Waals surface area contributed by atoms with Gasteiger partial charge in [-0.15, -0.1) is 21.5 Å². The van der Waals surface area contributed by atoms with E-state index in [1.54, 1.807) is 53.9 Å². The molecule has 218 valence electrons. The summed E-state index contributed by atoms with van der Waals surface area (Å²) in [6.07, 6.45) is 1.85. The zero-order valence-electron chi connectivity index (χ0n) is 22.9. The summed E-state index contributed by atoms with van der Waals surface area (Å²) in [5.74, 6) is -0.844. The molecular formula is C30H28FN3O5S3. The smallest absolute Gasteiger partial charge is 0.296 e. The lowest BCUT2D eigenvalue weighted by Gasteiger charge is -2.25. The maximum absolute atomic E-state index is 14.1. The van der Waals surface area contributed by atoms with Crippen molar-refractivity contribution in [3.63, 3.8) is 0 Å². The van der Waals surface area contributed by atoms with E-state index in [1.165, 1.54) is 34.1 Å². The molecule has 1 amide bonds. The molecule has 0 saturated carbocycles. The maximum atomic E-state index is 14.1. The average Bonchev–Trinajstić information content (AvgIpc) is 3.74. The van der Waals surface area contributed by atoms with Gasteiger partial charge < -0.3 is 14.6 Å². The SMILES string of the molecule is CCCCOc1ccc(C2C(C(=O)c3cccs3)=C(O)C(=O)N2c2nnc(SCc3ccccc3F)s2)cc1OCC. The van der Waals surface area contributed by atoms with Crippen molar-refractivity contribution < 1.29 is 28.6 Å². The number of thioether (sulfide) groups is 1. The summed E-state index contributed by atoms with van der Waals surface area (Å²) in [5.41, 5.74) is 0.997. The molecule has 0 bridgehead atoms. The van der Waals surface area contributed by atoms with Crippen LogP contribution in [-0.4, -0.2) is 40.2 Å². The molecule has 1 aliphatic heterocycles. The highest BCUT2D eigenvalue weighted by Gasteiger charge is 2.46. The minimum Gasteiger partial charge on any atom is -0.503 e. The molecule has 2 aromatic carbocycles. The number of unbranched alkanes of at least 4 members (excludes halogenated alkanes) is 1. The van der Waals surface area contributed by atoms with Crippen molar-refractivity contribution in [2.45, 2.75) is 42.8 Å². The van der Waals surface area contributed by atoms with Crippen LogP contribution in [0.5, 0.6) is 11.5 Å². The van der Waals surface area contributed by atoms with Crippen LogP contribution in [0, 0.1) is 5.82 Å². The zero-order chi connectivity index (χ0) is 29.6. The van der Waals surface area contributed by atoms with Crippen LogP contribution in [0.4, 0.5) is 9.52 Å². The number of ketones is 1. The van der Waals surface area contributed by atoms with Gasteiger partial charge in [0.15, 0.2) is 21.6 Å². The fourth-order valence-corrected chi connectivity index (χ4v) is 6.94. The van der Waals surface area contributed by atoms with Gasteiger partial charge in [0.05, 0.1) is 29.7 Å². The molecule has 1 aliphatic rings. The van der Waals surface area contributed by atoms with E-state index in [1.807, 2.05) is 6.92 Å². The zero-order valence-corrected chi connectivity index (χ0v) is 25.4. The Labute approximate surface area is 254 Å². The number of rotatable bonds is 13. The number of thiophene rings is 1. The Morgan fingerprint density at radius 1 is 1.10 bits per heavy atom. The molecule has 0 aliphatic carbocycles. The van der Waals surface area contributed by atoms with Gasteiger partial charge in [-0.05, 0) is 54.1 Å². The molecule has 0 radical (unpaired) electrons. The lowest BCUT2D eigenvalue weighted by Crippen LogP contribution is -2.31. The molecule has 5 rings (SSSR count). The molecule has 1 atom stereocenters. The lowest BCUT2D eigenvalue weighted by atomic mass is 9.95. The van der Waals surface area contributed by atoms with Crippen LogP contribution in [-0.2, 0) is 10.5 Å². The third-order valence-corrected chi connectivity index (χ3v) is 9.42. The molecular weight excluding hydrogens is 598 g/mol. The normalized spacial score (nSPS) is 15.0. The van der Waals surface area contributed by atoms with Crippen LogP contribution in [0.1, 0.15) is 53.5 Å². The van der Waals surface area contributed by atoms with E-state index in [4.69, 9.17) is 9.47 Å². The van der Waals surface area contributed by atoms with Gasteiger partial charge in [0, 0.05) is 5.75 Å². The van der Waals surface area contributed by atoms with E-state index in [2.05, 4.69) is 17.1 Å². The predicted octanol–water partition coefficient (Wildman–Crippen LogP) is 7.39. The largest absolute Gasteiger partial charge is 0.503 e. The van der Waals surface area contributed by atoms with Crippen LogP contribution >= 0.6 is 34.4 Å². The van der Waals surface area contributed by atoms with E-state index in [0.29, 0.717) is 50.8 Å². The first kappa shape index (κ1) is 29.7. The highest BCUT2D eigenvalue weighted by Crippen LogP contribution is 2.46. The molecule has 2 aromatic heterocycles. The molecule has 3 heterocycles. The van der Waals surface area contributed by atoms with Crippen molar-refractivity contribution in [3.05, 3.63) is 93.1 Å². The topological polar surface area (TPSA) is 102 Å². The number of halogens is 1. The predicted molar refractivity (Wildman–Crippen MR) is 162 cm³/mol. The van der Waals surface area contributed by atoms with Crippen molar-refractivity contribution in [1.82, 2.24) is 10.2 Å². The number of aromatic nitrogens is 2. The Balaban J connectivity index is 1.52. The number of ether oxygens (including phenoxy) is 2. The summed E-state index contributed by atoms with van der Waals surface area (Å²) >= 11 is 3.63. The summed E-state index contributed by atoms with van der Waals surface area (Å²) in [4.78, 5) is 28.9. The Morgan fingerprint density at radius 3 is 2.67 bits per heavy atom. The summed E-state index contributed by atoms with van der Waals surface area (Å²) < 4.78 is 26.4. The molecule has 42 heavy (non-hydrogen) atoms. The van der Waals surface area contributed by atoms with E-state index in [0.717, 1.165) is 24.2 Å². The molecule has 8 nitrogen and oxygen atoms in total. The first-order valence-electron chi connectivity index (χ1n) is 13.4. The maximum Gasteiger partial charge on any atom is 0.296 e. The number of benzene rings is 2. The molecule has 1 N–H and O–H groups in total. The number of anilines is 1. The van der Waals surface area contributed by atoms with E-state index in [9.17, 15) is 19.1 Å². The van der Waals surface area contributed by atoms with Crippen molar-refractivity contribution in [1.29, 1.82) is 0 Å². The van der Waals surface area contributed by atoms with E-state index < -0.39 is 23.5 Å². The number of Topliss-reactive ketones (excluding diaryl/α,β-unsaturated/α-hetero) is 1. The highest BCUT2D eigenvalue weighted by molar-refractivity contribution is 8.00. The number of aliphatic hydroxyl groups is 1. The van der Waals surface area contributed by atoms with E-state index in [-0.39, 0.29) is 16.5 Å². The minimum atomic E-state index is -0.992. The number of nitrogens with zero attached hydrogens (tertiary/aromatic N) is 3. The summed E-state index contributed by atoms with van der Waals surface area (Å²) in [6, 6.07) is 14.1. The summed E-state index contributed by atoms with van der Waals surface area (Å²) in [5, 5.41) is 21.5. The number of aliphatic hydroxyl groups excluding tert-OH is 1. The van der Waals surface area contributed by atoms with Gasteiger partial charge in [0.25, 0.3) is 5.91 Å². The number of hydrogen-bond donors (Lipinski definition) is 1. The number of carbonyl (C=O) groups excluding carboxylic acids is 2. The van der Waals surface area contributed by atoms with Crippen molar-refractivity contribution in [3.8, 4) is 11.5 Å². The standard InChI is InChI=1S/C30H28FN3O5S3/c1-3-5-14-39-21-13-12-18(16-22(21)38-4-2)25-24(26(35)23-11-8-15-40-23)27(36)28(37)34(25)29-32-33-30(42-29)41-17-19-9-6-7-10-20(19)31/h6-13,15-16,25,36H,3-5,14,17H2,1-2H3. The van der Waals surface area contributed by atoms with Gasteiger partial charge in [0.2, 0.25) is 10.9 Å². The molecule has 0 saturated heterocycles. The van der Waals surface area contributed by atoms with Gasteiger partial charge in [-0.1, -0.05) is 66.8 Å². The lowest BCUT2D eigenvalue weighted by molar-refractivity contribution is -0.117. The average molecular weight is 626 g/mol. The number of carbonyl (C=O) groups is 2. The Morgan fingerprint density at radius 2 is 1.93 bits per heavy atom. The Bertz CT molecular complexity index is 1610. The third kappa shape index (κ3) is 6.20. The molecule has 0 fully saturated rings. The van der Waals surface area contributed by atoms with Gasteiger partial charge in [-0.2, -0.15) is 0 Å². The third-order valence-electron chi connectivity index (χ3n) is 6.45. The van der Waals surface area contributed by atoms with Gasteiger partial charge >= 0.3 is 0 Å². The minimum absolute atomic E-state index is 0.0553. The van der Waals surface area contributed by atoms with Crippen molar-refractivity contribution in [2.24, 2.45) is 0 Å². The van der Waals surface area contributed by atoms with Crippen LogP contribution < -0.4 is 14.4 Å². The first-order chi connectivity index (χ1) is 20.4. The van der Waals surface area contributed by atoms with Crippen LogP contribution in [0.25, 0.3) is 0 Å². The second-order valence-corrected chi connectivity index (χ2v) is 12.3. The highest BCUT2D eigenvalue weighted by atomic mass is 32.2. The summed E-state index contributed by atoms with van der Waals surface area (Å²) in [6.45, 7) is 4.82. The Hall–Kier alpha value is -3.74. The molecule has 4 aromatic rings.